The molecule has 8 heteroatoms. The molecular weight excluding hydrogens is 385 g/mol. The van der Waals surface area contributed by atoms with Gasteiger partial charge in [-0.2, -0.15) is 0 Å². The Labute approximate surface area is 134 Å². The van der Waals surface area contributed by atoms with E-state index in [4.69, 9.17) is 12.6 Å². The van der Waals surface area contributed by atoms with Crippen molar-refractivity contribution in [2.75, 3.05) is 0 Å². The molecule has 3 nitrogen and oxygen atoms in total. The highest BCUT2D eigenvalue weighted by molar-refractivity contribution is 7.38. The van der Waals surface area contributed by atoms with Crippen LogP contribution in [-0.4, -0.2) is 0 Å². The van der Waals surface area contributed by atoms with Crippen LogP contribution < -0.4 is 12.6 Å². The summed E-state index contributed by atoms with van der Waals surface area (Å²) in [7, 11) is -1.72. The summed E-state index contributed by atoms with van der Waals surface area (Å²) in [6.07, 6.45) is 0.453. The van der Waals surface area contributed by atoms with Gasteiger partial charge in [0.15, 0.2) is 9.58 Å². The van der Waals surface area contributed by atoms with Gasteiger partial charge in [-0.05, 0) is 17.5 Å². The molecule has 2 rings (SSSR count). The fourth-order valence-electron chi connectivity index (χ4n) is 2.10. The molecule has 1 unspecified atom stereocenters. The van der Waals surface area contributed by atoms with Crippen LogP contribution in [0.1, 0.15) is 37.1 Å². The maximum absolute atomic E-state index is 13.2. The summed E-state index contributed by atoms with van der Waals surface area (Å²) in [5.41, 5.74) is -3.19. The van der Waals surface area contributed by atoms with E-state index in [0.717, 1.165) is 10.9 Å². The fraction of sp³-hybridized carbons (Fsp3) is 0.429. The number of rotatable bonds is 2. The van der Waals surface area contributed by atoms with Crippen molar-refractivity contribution >= 4 is 20.6 Å². The molecule has 2 aromatic rings. The van der Waals surface area contributed by atoms with E-state index >= 15 is 0 Å². The number of thiophene rings is 1. The van der Waals surface area contributed by atoms with Gasteiger partial charge in [0.1, 0.15) is 0 Å². The summed E-state index contributed by atoms with van der Waals surface area (Å²) in [5, 5.41) is 0.733. The Morgan fingerprint density at radius 1 is 1.14 bits per heavy atom. The van der Waals surface area contributed by atoms with Crippen LogP contribution in [0.5, 0.6) is 0 Å². The van der Waals surface area contributed by atoms with Gasteiger partial charge in [0.05, 0.1) is 10.5 Å². The second-order valence-corrected chi connectivity index (χ2v) is 7.69. The third kappa shape index (κ3) is 4.92. The van der Waals surface area contributed by atoms with Gasteiger partial charge < -0.3 is 12.6 Å². The molecule has 0 aliphatic heterocycles. The number of alkyl halides is 3. The lowest BCUT2D eigenvalue weighted by Crippen LogP contribution is -2.42. The molecule has 0 N–H and O–H groups in total. The smallest absolute Gasteiger partial charge is 0.405 e. The molecule has 0 aliphatic rings. The predicted molar refractivity (Wildman–Crippen MR) is 71.2 cm³/mol. The number of hydrogen-bond acceptors (Lipinski definition) is 3. The van der Waals surface area contributed by atoms with Crippen molar-refractivity contribution in [2.45, 2.75) is 38.6 Å². The van der Waals surface area contributed by atoms with E-state index < -0.39 is 30.8 Å². The van der Waals surface area contributed by atoms with Crippen LogP contribution in [0.4, 0.5) is 13.2 Å². The van der Waals surface area contributed by atoms with Crippen LogP contribution in [0.15, 0.2) is 24.3 Å². The summed E-state index contributed by atoms with van der Waals surface area (Å²) in [6, 6.07) is 7.18. The Morgan fingerprint density at radius 3 is 2.09 bits per heavy atom. The molecular formula is C14H16BrF3O3S. The van der Waals surface area contributed by atoms with Crippen LogP contribution in [0.2, 0.25) is 0 Å². The first-order chi connectivity index (χ1) is 10.1. The van der Waals surface area contributed by atoms with Gasteiger partial charge in [0.25, 0.3) is 0 Å². The summed E-state index contributed by atoms with van der Waals surface area (Å²) >= 11 is -3.65. The van der Waals surface area contributed by atoms with E-state index in [-0.39, 0.29) is 5.92 Å². The largest absolute Gasteiger partial charge is 0.600 e. The Kier molecular flexibility index (Phi) is 6.82. The third-order valence-electron chi connectivity index (χ3n) is 3.08. The monoisotopic (exact) mass is 400 g/mol. The highest BCUT2D eigenvalue weighted by Crippen LogP contribution is 2.51. The molecule has 0 aliphatic carbocycles. The van der Waals surface area contributed by atoms with Gasteiger partial charge in [0, 0.05) is 23.9 Å². The first-order valence-corrected chi connectivity index (χ1v) is 9.63. The van der Waals surface area contributed by atoms with Crippen LogP contribution in [-0.2, 0) is 11.9 Å². The maximum Gasteiger partial charge on any atom is 0.600 e. The number of fused-ring (bicyclic) bond motifs is 1. The summed E-state index contributed by atoms with van der Waals surface area (Å²) in [4.78, 5) is 0.499. The van der Waals surface area contributed by atoms with Gasteiger partial charge in [0.2, 0.25) is 14.8 Å². The molecule has 1 aromatic heterocycles. The average Bonchev–Trinajstić information content (AvgIpc) is 2.74. The zero-order valence-corrected chi connectivity index (χ0v) is 14.6. The molecule has 0 amide bonds. The normalized spacial score (nSPS) is 12.8. The van der Waals surface area contributed by atoms with E-state index in [9.17, 15) is 13.2 Å². The molecule has 0 bridgehead atoms. The zero-order chi connectivity index (χ0) is 17.1. The SMILES string of the molecule is CCc1cc2ccc(C(C)C)cc2[s+]1C(F)(F)F.[O-][Br+2]([O-])[O-]. The first kappa shape index (κ1) is 19.4. The van der Waals surface area contributed by atoms with Crippen molar-refractivity contribution in [3.8, 4) is 0 Å². The lowest BCUT2D eigenvalue weighted by molar-refractivity contribution is -1.73. The first-order valence-electron chi connectivity index (χ1n) is 6.46. The molecule has 124 valence electrons. The standard InChI is InChI=1S/C14H16F3S.BrO3/c1-4-12-7-11-6-5-10(9(2)3)8-13(11)18(12)14(15,16)17;2-1(3)4/h5-9H,4H2,1-3H3;/q+1;-1. The lowest BCUT2D eigenvalue weighted by Gasteiger charge is -2.04. The fourth-order valence-corrected chi connectivity index (χ4v) is 4.08. The third-order valence-corrected chi connectivity index (χ3v) is 5.27. The molecule has 1 aromatic carbocycles. The molecule has 0 radical (unpaired) electrons. The Balaban J connectivity index is 0.000000541. The van der Waals surface area contributed by atoms with E-state index in [2.05, 4.69) is 0 Å². The molecule has 1 heterocycles. The lowest BCUT2D eigenvalue weighted by atomic mass is 10.0. The minimum absolute atomic E-state index is 0.250. The molecule has 0 fully saturated rings. The quantitative estimate of drug-likeness (QED) is 0.725. The van der Waals surface area contributed by atoms with Gasteiger partial charge >= 0.3 is 5.51 Å². The summed E-state index contributed by atoms with van der Waals surface area (Å²) in [5.74, 6) is 0.250. The second-order valence-electron chi connectivity index (χ2n) is 4.86. The maximum atomic E-state index is 13.2. The molecule has 22 heavy (non-hydrogen) atoms. The van der Waals surface area contributed by atoms with Crippen molar-refractivity contribution < 1.29 is 40.6 Å². The summed E-state index contributed by atoms with van der Waals surface area (Å²) < 4.78 is 65.6. The van der Waals surface area contributed by atoms with E-state index in [0.29, 0.717) is 16.0 Å². The zero-order valence-electron chi connectivity index (χ0n) is 12.2. The minimum Gasteiger partial charge on any atom is -0.405 e. The van der Waals surface area contributed by atoms with Gasteiger partial charge in [-0.3, -0.25) is 0 Å². The van der Waals surface area contributed by atoms with Crippen LogP contribution in [0.3, 0.4) is 0 Å². The van der Waals surface area contributed by atoms with E-state index in [1.54, 1.807) is 19.1 Å². The highest BCUT2D eigenvalue weighted by atomic mass is 80.0. The number of halogens is 4. The van der Waals surface area contributed by atoms with Crippen molar-refractivity contribution in [1.29, 1.82) is 0 Å². The number of benzene rings is 1. The van der Waals surface area contributed by atoms with Gasteiger partial charge in [-0.15, -0.1) is 13.2 Å². The van der Waals surface area contributed by atoms with Crippen LogP contribution in [0, 0.1) is 14.8 Å². The summed E-state index contributed by atoms with van der Waals surface area (Å²) in [6.45, 7) is 5.78. The second kappa shape index (κ2) is 7.74. The molecule has 0 saturated heterocycles. The van der Waals surface area contributed by atoms with Crippen molar-refractivity contribution in [1.82, 2.24) is 0 Å². The molecule has 1 atom stereocenters. The van der Waals surface area contributed by atoms with Crippen molar-refractivity contribution in [3.05, 3.63) is 34.7 Å². The van der Waals surface area contributed by atoms with E-state index in [1.807, 2.05) is 26.0 Å². The minimum atomic E-state index is -4.16. The van der Waals surface area contributed by atoms with Crippen molar-refractivity contribution in [2.24, 2.45) is 0 Å². The van der Waals surface area contributed by atoms with E-state index in [1.165, 1.54) is 0 Å². The van der Waals surface area contributed by atoms with Gasteiger partial charge in [-0.1, -0.05) is 26.8 Å². The molecule has 0 saturated carbocycles. The van der Waals surface area contributed by atoms with Gasteiger partial charge in [-0.25, -0.2) is 0 Å². The Bertz CT molecular complexity index is 621. The number of hydrogen-bond donors (Lipinski definition) is 0. The predicted octanol–water partition coefficient (Wildman–Crippen LogP) is 2.18. The number of aryl methyl sites for hydroxylation is 1. The average molecular weight is 401 g/mol. The molecule has 0 spiro atoms. The Morgan fingerprint density at radius 2 is 1.68 bits per heavy atom. The highest BCUT2D eigenvalue weighted by Gasteiger charge is 2.47. The van der Waals surface area contributed by atoms with Crippen LogP contribution in [0.25, 0.3) is 10.1 Å². The topological polar surface area (TPSA) is 69.2 Å². The van der Waals surface area contributed by atoms with Crippen LogP contribution >= 0.6 is 10.5 Å². The Hall–Kier alpha value is -0.670. The van der Waals surface area contributed by atoms with Crippen molar-refractivity contribution in [3.63, 3.8) is 0 Å².